The van der Waals surface area contributed by atoms with Crippen LogP contribution in [0.5, 0.6) is 11.5 Å². The van der Waals surface area contributed by atoms with Crippen molar-refractivity contribution in [2.45, 2.75) is 6.18 Å². The lowest BCUT2D eigenvalue weighted by atomic mass is 10.1. The molecule has 0 radical (unpaired) electrons. The molecule has 0 bridgehead atoms. The summed E-state index contributed by atoms with van der Waals surface area (Å²) in [5.41, 5.74) is 4.74. The number of halogens is 3. The fourth-order valence-corrected chi connectivity index (χ4v) is 1.69. The van der Waals surface area contributed by atoms with Crippen molar-refractivity contribution in [2.75, 3.05) is 0 Å². The number of ether oxygens (including phenoxy) is 1. The van der Waals surface area contributed by atoms with Crippen molar-refractivity contribution in [3.05, 3.63) is 59.7 Å². The summed E-state index contributed by atoms with van der Waals surface area (Å²) in [7, 11) is 0. The molecule has 104 valence electrons. The number of nitrogen functional groups attached to an aromatic ring is 1. The van der Waals surface area contributed by atoms with Crippen LogP contribution in [0.25, 0.3) is 0 Å². The molecule has 0 aliphatic heterocycles. The van der Waals surface area contributed by atoms with Gasteiger partial charge in [-0.05, 0) is 24.3 Å². The molecule has 0 aliphatic rings. The first-order valence-corrected chi connectivity index (χ1v) is 5.67. The number of hydrogen-bond acceptors (Lipinski definition) is 2. The number of nitrogens with two attached hydrogens (primary N) is 1. The van der Waals surface area contributed by atoms with Crippen LogP contribution in [-0.2, 0) is 6.18 Å². The maximum atomic E-state index is 12.9. The number of nitrogens with one attached hydrogen (secondary N) is 1. The standard InChI is InChI=1S/C14H11F3N2O/c15-14(16,17)10-6-2-4-8-12(10)20-11-7-3-1-5-9(11)13(18)19/h1-8H,(H3,18,19). The van der Waals surface area contributed by atoms with E-state index in [1.54, 1.807) is 12.1 Å². The van der Waals surface area contributed by atoms with E-state index in [0.717, 1.165) is 6.07 Å². The largest absolute Gasteiger partial charge is 0.456 e. The zero-order chi connectivity index (χ0) is 14.8. The van der Waals surface area contributed by atoms with E-state index in [2.05, 4.69) is 0 Å². The van der Waals surface area contributed by atoms with E-state index < -0.39 is 11.7 Å². The first-order chi connectivity index (χ1) is 9.39. The third-order valence-corrected chi connectivity index (χ3v) is 2.59. The van der Waals surface area contributed by atoms with Gasteiger partial charge in [0.05, 0.1) is 11.1 Å². The summed E-state index contributed by atoms with van der Waals surface area (Å²) in [6.07, 6.45) is -4.51. The summed E-state index contributed by atoms with van der Waals surface area (Å²) < 4.78 is 43.9. The summed E-state index contributed by atoms with van der Waals surface area (Å²) >= 11 is 0. The molecule has 0 unspecified atom stereocenters. The Morgan fingerprint density at radius 1 is 0.950 bits per heavy atom. The molecule has 0 heterocycles. The van der Waals surface area contributed by atoms with E-state index in [1.165, 1.54) is 30.3 Å². The molecule has 3 N–H and O–H groups in total. The van der Waals surface area contributed by atoms with Crippen molar-refractivity contribution in [3.8, 4) is 11.5 Å². The second-order valence-corrected chi connectivity index (χ2v) is 4.01. The molecule has 2 aromatic rings. The third kappa shape index (κ3) is 2.90. The van der Waals surface area contributed by atoms with Crippen molar-refractivity contribution in [2.24, 2.45) is 5.73 Å². The van der Waals surface area contributed by atoms with Crippen LogP contribution in [0.4, 0.5) is 13.2 Å². The Morgan fingerprint density at radius 2 is 1.50 bits per heavy atom. The monoisotopic (exact) mass is 280 g/mol. The van der Waals surface area contributed by atoms with Crippen LogP contribution in [-0.4, -0.2) is 5.84 Å². The molecule has 6 heteroatoms. The molecule has 2 aromatic carbocycles. The van der Waals surface area contributed by atoms with Gasteiger partial charge in [-0.1, -0.05) is 24.3 Å². The molecule has 3 nitrogen and oxygen atoms in total. The smallest absolute Gasteiger partial charge is 0.419 e. The molecule has 0 saturated heterocycles. The Kier molecular flexibility index (Phi) is 3.65. The van der Waals surface area contributed by atoms with Gasteiger partial charge in [0.25, 0.3) is 0 Å². The molecule has 0 atom stereocenters. The summed E-state index contributed by atoms with van der Waals surface area (Å²) in [5, 5.41) is 7.39. The van der Waals surface area contributed by atoms with Gasteiger partial charge in [-0.25, -0.2) is 0 Å². The second kappa shape index (κ2) is 5.24. The zero-order valence-electron chi connectivity index (χ0n) is 10.2. The topological polar surface area (TPSA) is 59.1 Å². The maximum Gasteiger partial charge on any atom is 0.419 e. The summed E-state index contributed by atoms with van der Waals surface area (Å²) in [6.45, 7) is 0. The van der Waals surface area contributed by atoms with Crippen LogP contribution in [0, 0.1) is 5.41 Å². The molecular weight excluding hydrogens is 269 g/mol. The van der Waals surface area contributed by atoms with E-state index in [4.69, 9.17) is 15.9 Å². The first kappa shape index (κ1) is 13.9. The average Bonchev–Trinajstić information content (AvgIpc) is 2.38. The molecule has 20 heavy (non-hydrogen) atoms. The normalized spacial score (nSPS) is 11.2. The molecule has 2 rings (SSSR count). The van der Waals surface area contributed by atoms with E-state index in [9.17, 15) is 13.2 Å². The van der Waals surface area contributed by atoms with Crippen LogP contribution >= 0.6 is 0 Å². The lowest BCUT2D eigenvalue weighted by Crippen LogP contribution is -2.13. The highest BCUT2D eigenvalue weighted by molar-refractivity contribution is 5.97. The fraction of sp³-hybridized carbons (Fsp3) is 0.0714. The number of rotatable bonds is 3. The summed E-state index contributed by atoms with van der Waals surface area (Å²) in [6, 6.07) is 11.1. The predicted octanol–water partition coefficient (Wildman–Crippen LogP) is 3.78. The SMILES string of the molecule is N=C(N)c1ccccc1Oc1ccccc1C(F)(F)F. The van der Waals surface area contributed by atoms with Gasteiger partial charge in [-0.15, -0.1) is 0 Å². The van der Waals surface area contributed by atoms with Crippen LogP contribution in [0.3, 0.4) is 0 Å². The summed E-state index contributed by atoms with van der Waals surface area (Å²) in [5.74, 6) is -0.490. The van der Waals surface area contributed by atoms with Crippen LogP contribution in [0.15, 0.2) is 48.5 Å². The van der Waals surface area contributed by atoms with Gasteiger partial charge in [0.1, 0.15) is 17.3 Å². The van der Waals surface area contributed by atoms with Gasteiger partial charge < -0.3 is 10.5 Å². The number of amidine groups is 1. The number of hydrogen-bond donors (Lipinski definition) is 2. The molecule has 0 aromatic heterocycles. The molecule has 0 saturated carbocycles. The van der Waals surface area contributed by atoms with E-state index in [1.807, 2.05) is 0 Å². The van der Waals surface area contributed by atoms with Crippen molar-refractivity contribution in [1.29, 1.82) is 5.41 Å². The van der Waals surface area contributed by atoms with Gasteiger partial charge in [0.15, 0.2) is 0 Å². The highest BCUT2D eigenvalue weighted by Gasteiger charge is 2.34. The van der Waals surface area contributed by atoms with E-state index in [0.29, 0.717) is 0 Å². The van der Waals surface area contributed by atoms with Crippen molar-refractivity contribution in [1.82, 2.24) is 0 Å². The molecular formula is C14H11F3N2O. The van der Waals surface area contributed by atoms with Crippen LogP contribution < -0.4 is 10.5 Å². The highest BCUT2D eigenvalue weighted by atomic mass is 19.4. The van der Waals surface area contributed by atoms with Crippen LogP contribution in [0.2, 0.25) is 0 Å². The van der Waals surface area contributed by atoms with Gasteiger partial charge in [-0.2, -0.15) is 13.2 Å². The van der Waals surface area contributed by atoms with Gasteiger partial charge in [0.2, 0.25) is 0 Å². The van der Waals surface area contributed by atoms with E-state index >= 15 is 0 Å². The maximum absolute atomic E-state index is 12.9. The van der Waals surface area contributed by atoms with Crippen molar-refractivity contribution >= 4 is 5.84 Å². The number of alkyl halides is 3. The third-order valence-electron chi connectivity index (χ3n) is 2.59. The summed E-state index contributed by atoms with van der Waals surface area (Å²) in [4.78, 5) is 0. The van der Waals surface area contributed by atoms with E-state index in [-0.39, 0.29) is 22.9 Å². The molecule has 0 aliphatic carbocycles. The molecule has 0 fully saturated rings. The number of benzene rings is 2. The molecule has 0 spiro atoms. The quantitative estimate of drug-likeness (QED) is 0.664. The predicted molar refractivity (Wildman–Crippen MR) is 69.0 cm³/mol. The fourth-order valence-electron chi connectivity index (χ4n) is 1.69. The lowest BCUT2D eigenvalue weighted by molar-refractivity contribution is -0.138. The highest BCUT2D eigenvalue weighted by Crippen LogP contribution is 2.38. The Morgan fingerprint density at radius 3 is 2.10 bits per heavy atom. The Balaban J connectivity index is 2.44. The lowest BCUT2D eigenvalue weighted by Gasteiger charge is -2.15. The second-order valence-electron chi connectivity index (χ2n) is 4.01. The van der Waals surface area contributed by atoms with Gasteiger partial charge in [0, 0.05) is 0 Å². The Labute approximate surface area is 113 Å². The van der Waals surface area contributed by atoms with Crippen molar-refractivity contribution < 1.29 is 17.9 Å². The van der Waals surface area contributed by atoms with Gasteiger partial charge in [-0.3, -0.25) is 5.41 Å². The molecule has 0 amide bonds. The Bertz CT molecular complexity index is 638. The van der Waals surface area contributed by atoms with Gasteiger partial charge >= 0.3 is 6.18 Å². The minimum atomic E-state index is -4.51. The van der Waals surface area contributed by atoms with Crippen molar-refractivity contribution in [3.63, 3.8) is 0 Å². The minimum Gasteiger partial charge on any atom is -0.456 e. The average molecular weight is 280 g/mol. The minimum absolute atomic E-state index is 0.108. The Hall–Kier alpha value is -2.50. The number of para-hydroxylation sites is 2. The first-order valence-electron chi connectivity index (χ1n) is 5.67. The van der Waals surface area contributed by atoms with Crippen LogP contribution in [0.1, 0.15) is 11.1 Å². The zero-order valence-corrected chi connectivity index (χ0v) is 10.2.